The van der Waals surface area contributed by atoms with E-state index in [1.807, 2.05) is 7.05 Å². The predicted octanol–water partition coefficient (Wildman–Crippen LogP) is 3.11. The minimum Gasteiger partial charge on any atom is -0.358 e. The molecular weight excluding hydrogens is 234 g/mol. The standard InChI is InChI=1S/C16H25N3/c1-11-15(12-7-5-6-8-13(12)19-11)14(18-4)9-16(2,3)10-17/h5-8,14,18-19H,9-10,17H2,1-4H3. The number of nitrogens with two attached hydrogens (primary N) is 1. The van der Waals surface area contributed by atoms with Crippen LogP contribution in [-0.4, -0.2) is 18.6 Å². The van der Waals surface area contributed by atoms with E-state index < -0.39 is 0 Å². The molecule has 0 spiro atoms. The Balaban J connectivity index is 2.43. The first-order chi connectivity index (χ1) is 8.98. The van der Waals surface area contributed by atoms with Gasteiger partial charge in [-0.15, -0.1) is 0 Å². The van der Waals surface area contributed by atoms with Crippen LogP contribution in [0.3, 0.4) is 0 Å². The minimum absolute atomic E-state index is 0.137. The molecule has 1 aromatic heterocycles. The summed E-state index contributed by atoms with van der Waals surface area (Å²) in [5.41, 5.74) is 9.84. The number of hydrogen-bond acceptors (Lipinski definition) is 2. The van der Waals surface area contributed by atoms with Crippen LogP contribution < -0.4 is 11.1 Å². The third kappa shape index (κ3) is 2.82. The van der Waals surface area contributed by atoms with Gasteiger partial charge in [-0.1, -0.05) is 32.0 Å². The Morgan fingerprint density at radius 2 is 2.00 bits per heavy atom. The molecule has 0 aliphatic carbocycles. The van der Waals surface area contributed by atoms with Gasteiger partial charge >= 0.3 is 0 Å². The molecule has 0 aliphatic heterocycles. The summed E-state index contributed by atoms with van der Waals surface area (Å²) < 4.78 is 0. The molecule has 0 radical (unpaired) electrons. The van der Waals surface area contributed by atoms with Gasteiger partial charge in [-0.05, 0) is 44.0 Å². The second-order valence-electron chi connectivity index (χ2n) is 6.12. The fraction of sp³-hybridized carbons (Fsp3) is 0.500. The second-order valence-corrected chi connectivity index (χ2v) is 6.12. The van der Waals surface area contributed by atoms with Gasteiger partial charge in [0.15, 0.2) is 0 Å². The number of rotatable bonds is 5. The number of nitrogens with one attached hydrogen (secondary N) is 2. The highest BCUT2D eigenvalue weighted by Gasteiger charge is 2.25. The van der Waals surface area contributed by atoms with Crippen LogP contribution in [0.25, 0.3) is 10.9 Å². The summed E-state index contributed by atoms with van der Waals surface area (Å²) in [4.78, 5) is 3.47. The molecule has 1 heterocycles. The highest BCUT2D eigenvalue weighted by atomic mass is 14.9. The Bertz CT molecular complexity index is 554. The van der Waals surface area contributed by atoms with Crippen LogP contribution in [0.15, 0.2) is 24.3 Å². The molecule has 0 amide bonds. The number of aryl methyl sites for hydroxylation is 1. The molecule has 0 saturated heterocycles. The molecule has 104 valence electrons. The van der Waals surface area contributed by atoms with Crippen molar-refractivity contribution >= 4 is 10.9 Å². The van der Waals surface area contributed by atoms with Crippen LogP contribution in [-0.2, 0) is 0 Å². The highest BCUT2D eigenvalue weighted by Crippen LogP contribution is 2.34. The molecule has 1 unspecified atom stereocenters. The third-order valence-electron chi connectivity index (χ3n) is 3.95. The first-order valence-electron chi connectivity index (χ1n) is 6.93. The molecule has 3 nitrogen and oxygen atoms in total. The summed E-state index contributed by atoms with van der Waals surface area (Å²) in [5.74, 6) is 0. The van der Waals surface area contributed by atoms with Crippen molar-refractivity contribution in [1.29, 1.82) is 0 Å². The first kappa shape index (κ1) is 14.1. The summed E-state index contributed by atoms with van der Waals surface area (Å²) in [6, 6.07) is 8.82. The molecule has 2 rings (SSSR count). The van der Waals surface area contributed by atoms with Crippen molar-refractivity contribution in [2.45, 2.75) is 33.2 Å². The van der Waals surface area contributed by atoms with E-state index in [-0.39, 0.29) is 5.41 Å². The summed E-state index contributed by atoms with van der Waals surface area (Å²) in [6.45, 7) is 7.30. The fourth-order valence-corrected chi connectivity index (χ4v) is 2.73. The Hall–Kier alpha value is -1.32. The number of aromatic nitrogens is 1. The van der Waals surface area contributed by atoms with Crippen molar-refractivity contribution in [2.75, 3.05) is 13.6 Å². The van der Waals surface area contributed by atoms with Crippen molar-refractivity contribution in [3.05, 3.63) is 35.5 Å². The smallest absolute Gasteiger partial charge is 0.0459 e. The van der Waals surface area contributed by atoms with Gasteiger partial charge < -0.3 is 16.0 Å². The zero-order chi connectivity index (χ0) is 14.0. The zero-order valence-electron chi connectivity index (χ0n) is 12.4. The predicted molar refractivity (Wildman–Crippen MR) is 82.3 cm³/mol. The van der Waals surface area contributed by atoms with E-state index in [1.54, 1.807) is 0 Å². The van der Waals surface area contributed by atoms with E-state index in [0.29, 0.717) is 12.6 Å². The van der Waals surface area contributed by atoms with Gasteiger partial charge in [0, 0.05) is 22.6 Å². The highest BCUT2D eigenvalue weighted by molar-refractivity contribution is 5.85. The van der Waals surface area contributed by atoms with E-state index in [9.17, 15) is 0 Å². The Morgan fingerprint density at radius 1 is 1.32 bits per heavy atom. The van der Waals surface area contributed by atoms with Crippen LogP contribution in [0, 0.1) is 12.3 Å². The Labute approximate surface area is 115 Å². The first-order valence-corrected chi connectivity index (χ1v) is 6.93. The topological polar surface area (TPSA) is 53.8 Å². The zero-order valence-corrected chi connectivity index (χ0v) is 12.4. The van der Waals surface area contributed by atoms with Crippen molar-refractivity contribution in [3.8, 4) is 0 Å². The monoisotopic (exact) mass is 259 g/mol. The maximum Gasteiger partial charge on any atom is 0.0459 e. The normalized spacial score (nSPS) is 13.9. The van der Waals surface area contributed by atoms with E-state index in [4.69, 9.17) is 5.73 Å². The Kier molecular flexibility index (Phi) is 3.97. The van der Waals surface area contributed by atoms with E-state index >= 15 is 0 Å². The molecule has 0 saturated carbocycles. The maximum atomic E-state index is 5.88. The average molecular weight is 259 g/mol. The lowest BCUT2D eigenvalue weighted by Gasteiger charge is -2.28. The lowest BCUT2D eigenvalue weighted by atomic mass is 9.83. The molecule has 0 aliphatic rings. The van der Waals surface area contributed by atoms with Crippen molar-refractivity contribution in [3.63, 3.8) is 0 Å². The number of fused-ring (bicyclic) bond motifs is 1. The SMILES string of the molecule is CNC(CC(C)(C)CN)c1c(C)[nH]c2ccccc12. The molecule has 4 N–H and O–H groups in total. The number of aromatic amines is 1. The molecule has 0 bridgehead atoms. The van der Waals surface area contributed by atoms with Crippen LogP contribution in [0.5, 0.6) is 0 Å². The number of benzene rings is 1. The molecule has 1 atom stereocenters. The summed E-state index contributed by atoms with van der Waals surface area (Å²) >= 11 is 0. The van der Waals surface area contributed by atoms with Gasteiger partial charge in [-0.3, -0.25) is 0 Å². The van der Waals surface area contributed by atoms with Gasteiger partial charge in [-0.2, -0.15) is 0 Å². The van der Waals surface area contributed by atoms with Crippen molar-refractivity contribution in [2.24, 2.45) is 11.1 Å². The lowest BCUT2D eigenvalue weighted by Crippen LogP contribution is -2.30. The van der Waals surface area contributed by atoms with Crippen LogP contribution in [0.4, 0.5) is 0 Å². The second kappa shape index (κ2) is 5.35. The van der Waals surface area contributed by atoms with Gasteiger partial charge in [-0.25, -0.2) is 0 Å². The molecule has 19 heavy (non-hydrogen) atoms. The summed E-state index contributed by atoms with van der Waals surface area (Å²) in [5, 5.41) is 4.76. The van der Waals surface area contributed by atoms with Crippen molar-refractivity contribution in [1.82, 2.24) is 10.3 Å². The molecule has 0 fully saturated rings. The van der Waals surface area contributed by atoms with Gasteiger partial charge in [0.1, 0.15) is 0 Å². The van der Waals surface area contributed by atoms with Gasteiger partial charge in [0.05, 0.1) is 0 Å². The quantitative estimate of drug-likeness (QED) is 0.772. The van der Waals surface area contributed by atoms with Crippen LogP contribution in [0.2, 0.25) is 0 Å². The molecular formula is C16H25N3. The van der Waals surface area contributed by atoms with Crippen molar-refractivity contribution < 1.29 is 0 Å². The number of para-hydroxylation sites is 1. The van der Waals surface area contributed by atoms with Crippen LogP contribution >= 0.6 is 0 Å². The molecule has 1 aromatic carbocycles. The summed E-state index contributed by atoms with van der Waals surface area (Å²) in [7, 11) is 2.03. The van der Waals surface area contributed by atoms with Gasteiger partial charge in [0.25, 0.3) is 0 Å². The molecule has 3 heteroatoms. The summed E-state index contributed by atoms with van der Waals surface area (Å²) in [6.07, 6.45) is 1.03. The van der Waals surface area contributed by atoms with Crippen LogP contribution in [0.1, 0.15) is 37.6 Å². The van der Waals surface area contributed by atoms with E-state index in [2.05, 4.69) is 55.3 Å². The fourth-order valence-electron chi connectivity index (χ4n) is 2.73. The third-order valence-corrected chi connectivity index (χ3v) is 3.95. The van der Waals surface area contributed by atoms with E-state index in [0.717, 1.165) is 6.42 Å². The molecule has 2 aromatic rings. The minimum atomic E-state index is 0.137. The number of hydrogen-bond donors (Lipinski definition) is 3. The lowest BCUT2D eigenvalue weighted by molar-refractivity contribution is 0.299. The largest absolute Gasteiger partial charge is 0.358 e. The number of H-pyrrole nitrogens is 1. The maximum absolute atomic E-state index is 5.88. The van der Waals surface area contributed by atoms with E-state index in [1.165, 1.54) is 22.2 Å². The van der Waals surface area contributed by atoms with Gasteiger partial charge in [0.2, 0.25) is 0 Å². The average Bonchev–Trinajstić information content (AvgIpc) is 2.72. The Morgan fingerprint density at radius 3 is 2.63 bits per heavy atom.